The molecule has 24 heavy (non-hydrogen) atoms. The van der Waals surface area contributed by atoms with Crippen LogP contribution >= 0.6 is 11.6 Å². The highest BCUT2D eigenvalue weighted by Gasteiger charge is 2.07. The second kappa shape index (κ2) is 7.65. The molecule has 0 saturated carbocycles. The normalized spacial score (nSPS) is 10.4. The summed E-state index contributed by atoms with van der Waals surface area (Å²) in [6, 6.07) is 13.3. The van der Waals surface area contributed by atoms with Crippen molar-refractivity contribution in [1.29, 1.82) is 0 Å². The van der Waals surface area contributed by atoms with Crippen LogP contribution in [-0.2, 0) is 13.2 Å². The number of hydrogen-bond donors (Lipinski definition) is 2. The zero-order chi connectivity index (χ0) is 16.8. The highest BCUT2D eigenvalue weighted by Crippen LogP contribution is 2.29. The molecule has 0 radical (unpaired) electrons. The van der Waals surface area contributed by atoms with E-state index in [-0.39, 0.29) is 0 Å². The highest BCUT2D eigenvalue weighted by atomic mass is 35.5. The number of rotatable bonds is 7. The average Bonchev–Trinajstić information content (AvgIpc) is 3.13. The fourth-order valence-electron chi connectivity index (χ4n) is 2.10. The van der Waals surface area contributed by atoms with Crippen LogP contribution in [0.15, 0.2) is 42.5 Å². The van der Waals surface area contributed by atoms with Crippen molar-refractivity contribution in [2.24, 2.45) is 0 Å². The minimum atomic E-state index is 0.438. The Hall–Kier alpha value is -2.80. The van der Waals surface area contributed by atoms with Crippen molar-refractivity contribution >= 4 is 17.5 Å². The molecule has 7 nitrogen and oxygen atoms in total. The quantitative estimate of drug-likeness (QED) is 0.684. The van der Waals surface area contributed by atoms with Crippen molar-refractivity contribution in [2.75, 3.05) is 12.4 Å². The number of aromatic amines is 1. The maximum absolute atomic E-state index is 5.88. The summed E-state index contributed by atoms with van der Waals surface area (Å²) in [4.78, 5) is 0. The zero-order valence-corrected chi connectivity index (χ0v) is 13.7. The smallest absolute Gasteiger partial charge is 0.263 e. The van der Waals surface area contributed by atoms with E-state index in [1.54, 1.807) is 7.11 Å². The Kier molecular flexibility index (Phi) is 5.12. The molecule has 0 unspecified atom stereocenters. The average molecular weight is 346 g/mol. The lowest BCUT2D eigenvalue weighted by atomic mass is 10.2. The third kappa shape index (κ3) is 4.14. The molecule has 0 aliphatic carbocycles. The van der Waals surface area contributed by atoms with Crippen LogP contribution in [0.3, 0.4) is 0 Å². The molecule has 0 saturated heterocycles. The molecule has 1 heterocycles. The van der Waals surface area contributed by atoms with Gasteiger partial charge in [-0.05, 0) is 40.6 Å². The number of halogens is 1. The van der Waals surface area contributed by atoms with Crippen molar-refractivity contribution in [3.8, 4) is 11.5 Å². The molecule has 0 spiro atoms. The Morgan fingerprint density at radius 2 is 1.88 bits per heavy atom. The lowest BCUT2D eigenvalue weighted by Gasteiger charge is -2.12. The summed E-state index contributed by atoms with van der Waals surface area (Å²) in [6.07, 6.45) is 0. The minimum Gasteiger partial charge on any atom is -0.493 e. The van der Waals surface area contributed by atoms with E-state index in [2.05, 4.69) is 25.9 Å². The minimum absolute atomic E-state index is 0.438. The van der Waals surface area contributed by atoms with E-state index >= 15 is 0 Å². The van der Waals surface area contributed by atoms with Crippen molar-refractivity contribution in [3.63, 3.8) is 0 Å². The van der Waals surface area contributed by atoms with E-state index in [1.165, 1.54) is 0 Å². The summed E-state index contributed by atoms with van der Waals surface area (Å²) in [7, 11) is 1.61. The summed E-state index contributed by atoms with van der Waals surface area (Å²) < 4.78 is 11.2. The van der Waals surface area contributed by atoms with Crippen molar-refractivity contribution in [3.05, 3.63) is 58.6 Å². The van der Waals surface area contributed by atoms with Crippen molar-refractivity contribution in [1.82, 2.24) is 20.6 Å². The predicted octanol–water partition coefficient (Wildman–Crippen LogP) is 3.05. The summed E-state index contributed by atoms with van der Waals surface area (Å²) in [5.41, 5.74) is 2.04. The van der Waals surface area contributed by atoms with Crippen LogP contribution in [-0.4, -0.2) is 27.7 Å². The van der Waals surface area contributed by atoms with Crippen LogP contribution in [0.25, 0.3) is 0 Å². The first-order valence-electron chi connectivity index (χ1n) is 7.26. The van der Waals surface area contributed by atoms with Gasteiger partial charge in [-0.15, -0.1) is 5.10 Å². The van der Waals surface area contributed by atoms with E-state index in [4.69, 9.17) is 21.1 Å². The van der Waals surface area contributed by atoms with Gasteiger partial charge in [-0.1, -0.05) is 34.9 Å². The molecular formula is C16H16ClN5O2. The summed E-state index contributed by atoms with van der Waals surface area (Å²) in [6.45, 7) is 0.987. The summed E-state index contributed by atoms with van der Waals surface area (Å²) >= 11 is 5.88. The second-order valence-electron chi connectivity index (χ2n) is 4.99. The molecule has 0 bridgehead atoms. The fourth-order valence-corrected chi connectivity index (χ4v) is 2.23. The molecule has 2 N–H and O–H groups in total. The Balaban J connectivity index is 1.63. The third-order valence-electron chi connectivity index (χ3n) is 3.33. The highest BCUT2D eigenvalue weighted by molar-refractivity contribution is 6.30. The van der Waals surface area contributed by atoms with Crippen LogP contribution in [0.1, 0.15) is 11.1 Å². The third-order valence-corrected chi connectivity index (χ3v) is 3.58. The molecule has 0 atom stereocenters. The molecule has 1 aromatic heterocycles. The lowest BCUT2D eigenvalue weighted by Crippen LogP contribution is -2.03. The van der Waals surface area contributed by atoms with Gasteiger partial charge in [-0.3, -0.25) is 0 Å². The molecule has 0 aliphatic heterocycles. The molecule has 8 heteroatoms. The van der Waals surface area contributed by atoms with Gasteiger partial charge in [0.2, 0.25) is 0 Å². The van der Waals surface area contributed by atoms with Crippen LogP contribution in [0.4, 0.5) is 5.95 Å². The van der Waals surface area contributed by atoms with E-state index in [9.17, 15) is 0 Å². The van der Waals surface area contributed by atoms with E-state index in [1.807, 2.05) is 42.5 Å². The standard InChI is InChI=1S/C16H16ClN5O2/c1-23-15-8-12(9-18-16-19-21-22-20-16)4-7-14(15)24-10-11-2-5-13(17)6-3-11/h2-8H,9-10H2,1H3,(H2,18,19,20,21,22). The van der Waals surface area contributed by atoms with Gasteiger partial charge in [0, 0.05) is 11.6 Å². The van der Waals surface area contributed by atoms with E-state index in [0.717, 1.165) is 11.1 Å². The zero-order valence-electron chi connectivity index (χ0n) is 13.0. The van der Waals surface area contributed by atoms with Gasteiger partial charge in [0.15, 0.2) is 11.5 Å². The van der Waals surface area contributed by atoms with Gasteiger partial charge in [0.1, 0.15) is 6.61 Å². The maximum atomic E-state index is 5.88. The van der Waals surface area contributed by atoms with Gasteiger partial charge in [-0.25, -0.2) is 0 Å². The van der Waals surface area contributed by atoms with Gasteiger partial charge >= 0.3 is 0 Å². The first-order valence-corrected chi connectivity index (χ1v) is 7.64. The summed E-state index contributed by atoms with van der Waals surface area (Å²) in [5.74, 6) is 1.78. The largest absolute Gasteiger partial charge is 0.493 e. The van der Waals surface area contributed by atoms with Gasteiger partial charge < -0.3 is 14.8 Å². The topological polar surface area (TPSA) is 85.0 Å². The number of methoxy groups -OCH3 is 1. The van der Waals surface area contributed by atoms with Crippen LogP contribution in [0.5, 0.6) is 11.5 Å². The number of anilines is 1. The van der Waals surface area contributed by atoms with Crippen molar-refractivity contribution in [2.45, 2.75) is 13.2 Å². The van der Waals surface area contributed by atoms with Gasteiger partial charge in [0.25, 0.3) is 5.95 Å². The number of aromatic nitrogens is 4. The molecule has 3 rings (SSSR count). The number of nitrogens with one attached hydrogen (secondary N) is 2. The first kappa shape index (κ1) is 16.1. The molecule has 2 aromatic carbocycles. The van der Waals surface area contributed by atoms with E-state index in [0.29, 0.717) is 35.6 Å². The Morgan fingerprint density at radius 3 is 2.58 bits per heavy atom. The van der Waals surface area contributed by atoms with Gasteiger partial charge in [-0.2, -0.15) is 5.21 Å². The Morgan fingerprint density at radius 1 is 1.08 bits per heavy atom. The predicted molar refractivity (Wildman–Crippen MR) is 90.3 cm³/mol. The van der Waals surface area contributed by atoms with Crippen LogP contribution < -0.4 is 14.8 Å². The number of nitrogens with zero attached hydrogens (tertiary/aromatic N) is 3. The molecule has 0 amide bonds. The molecule has 124 valence electrons. The molecule has 3 aromatic rings. The van der Waals surface area contributed by atoms with Crippen molar-refractivity contribution < 1.29 is 9.47 Å². The number of benzene rings is 2. The van der Waals surface area contributed by atoms with Crippen LogP contribution in [0, 0.1) is 0 Å². The summed E-state index contributed by atoms with van der Waals surface area (Å²) in [5, 5.41) is 17.3. The SMILES string of the molecule is COc1cc(CNc2nn[nH]n2)ccc1OCc1ccc(Cl)cc1. The Labute approximate surface area is 143 Å². The molecular weight excluding hydrogens is 330 g/mol. The number of hydrogen-bond acceptors (Lipinski definition) is 6. The van der Waals surface area contributed by atoms with Gasteiger partial charge in [0.05, 0.1) is 7.11 Å². The van der Waals surface area contributed by atoms with E-state index < -0.39 is 0 Å². The van der Waals surface area contributed by atoms with Crippen LogP contribution in [0.2, 0.25) is 5.02 Å². The fraction of sp³-hybridized carbons (Fsp3) is 0.188. The Bertz CT molecular complexity index is 778. The monoisotopic (exact) mass is 345 g/mol. The second-order valence-corrected chi connectivity index (χ2v) is 5.43. The number of ether oxygens (including phenoxy) is 2. The molecule has 0 aliphatic rings. The number of tetrazole rings is 1. The molecule has 0 fully saturated rings. The number of H-pyrrole nitrogens is 1. The lowest BCUT2D eigenvalue weighted by molar-refractivity contribution is 0.284. The maximum Gasteiger partial charge on any atom is 0.263 e. The first-order chi connectivity index (χ1) is 11.7.